The van der Waals surface area contributed by atoms with Gasteiger partial charge in [-0.3, -0.25) is 4.79 Å². The van der Waals surface area contributed by atoms with Crippen molar-refractivity contribution >= 4 is 5.91 Å². The van der Waals surface area contributed by atoms with Gasteiger partial charge in [0, 0.05) is 30.9 Å². The second kappa shape index (κ2) is 8.18. The zero-order valence-electron chi connectivity index (χ0n) is 14.7. The first-order valence-electron chi connectivity index (χ1n) is 9.25. The van der Waals surface area contributed by atoms with Crippen molar-refractivity contribution in [3.8, 4) is 0 Å². The van der Waals surface area contributed by atoms with Crippen LogP contribution < -0.4 is 0 Å². The summed E-state index contributed by atoms with van der Waals surface area (Å²) in [5.74, 6) is 0.286. The van der Waals surface area contributed by atoms with Crippen LogP contribution in [0.1, 0.15) is 56.7 Å². The summed E-state index contributed by atoms with van der Waals surface area (Å²) in [6.45, 7) is 3.57. The van der Waals surface area contributed by atoms with Gasteiger partial charge in [-0.2, -0.15) is 0 Å². The Morgan fingerprint density at radius 2 is 1.83 bits per heavy atom. The van der Waals surface area contributed by atoms with Crippen molar-refractivity contribution < 1.29 is 4.79 Å². The largest absolute Gasteiger partial charge is 0.345 e. The predicted octanol–water partition coefficient (Wildman–Crippen LogP) is 4.61. The van der Waals surface area contributed by atoms with E-state index in [9.17, 15) is 4.79 Å². The van der Waals surface area contributed by atoms with E-state index >= 15 is 0 Å². The molecule has 1 fully saturated rings. The summed E-state index contributed by atoms with van der Waals surface area (Å²) in [4.78, 5) is 14.7. The minimum absolute atomic E-state index is 0.286. The Balaban J connectivity index is 1.75. The summed E-state index contributed by atoms with van der Waals surface area (Å²) >= 11 is 0. The molecule has 0 bridgehead atoms. The molecular weight excluding hydrogens is 296 g/mol. The molecule has 128 valence electrons. The highest BCUT2D eigenvalue weighted by Gasteiger charge is 2.25. The lowest BCUT2D eigenvalue weighted by atomic mass is 9.94. The maximum Gasteiger partial charge on any atom is 0.222 e. The third-order valence-electron chi connectivity index (χ3n) is 5.09. The molecule has 3 heteroatoms. The summed E-state index contributed by atoms with van der Waals surface area (Å²) in [5.41, 5.74) is 2.52. The number of aromatic nitrogens is 1. The van der Waals surface area contributed by atoms with Crippen LogP contribution in [0.25, 0.3) is 0 Å². The molecule has 1 amide bonds. The Morgan fingerprint density at radius 3 is 2.54 bits per heavy atom. The van der Waals surface area contributed by atoms with E-state index in [1.54, 1.807) is 0 Å². The van der Waals surface area contributed by atoms with E-state index in [1.165, 1.54) is 30.5 Å². The Kier molecular flexibility index (Phi) is 5.73. The Morgan fingerprint density at radius 1 is 1.08 bits per heavy atom. The number of benzene rings is 1. The second-order valence-corrected chi connectivity index (χ2v) is 6.78. The highest BCUT2D eigenvalue weighted by molar-refractivity contribution is 5.76. The van der Waals surface area contributed by atoms with Crippen LogP contribution in [0.3, 0.4) is 0 Å². The van der Waals surface area contributed by atoms with Crippen molar-refractivity contribution in [1.29, 1.82) is 0 Å². The zero-order chi connectivity index (χ0) is 16.8. The summed E-state index contributed by atoms with van der Waals surface area (Å²) in [6, 6.07) is 15.2. The molecular formula is C21H28N2O. The molecule has 1 saturated carbocycles. The molecule has 0 radical (unpaired) electrons. The normalized spacial score (nSPS) is 15.4. The Hall–Kier alpha value is -2.03. The molecule has 1 aromatic heterocycles. The van der Waals surface area contributed by atoms with Gasteiger partial charge >= 0.3 is 0 Å². The molecule has 24 heavy (non-hydrogen) atoms. The van der Waals surface area contributed by atoms with Gasteiger partial charge in [-0.25, -0.2) is 0 Å². The molecule has 1 aliphatic rings. The van der Waals surface area contributed by atoms with Crippen molar-refractivity contribution in [3.63, 3.8) is 0 Å². The summed E-state index contributed by atoms with van der Waals surface area (Å²) in [6.07, 6.45) is 8.85. The number of rotatable bonds is 6. The monoisotopic (exact) mass is 324 g/mol. The second-order valence-electron chi connectivity index (χ2n) is 6.78. The van der Waals surface area contributed by atoms with Crippen molar-refractivity contribution in [1.82, 2.24) is 9.47 Å². The maximum absolute atomic E-state index is 12.5. The van der Waals surface area contributed by atoms with Crippen molar-refractivity contribution in [2.24, 2.45) is 0 Å². The minimum Gasteiger partial charge on any atom is -0.345 e. The molecule has 0 unspecified atom stereocenters. The number of nitrogens with zero attached hydrogens (tertiary/aromatic N) is 2. The van der Waals surface area contributed by atoms with E-state index < -0.39 is 0 Å². The standard InChI is InChI=1S/C21H28N2O/c1-2-21(24)23(19-12-7-4-8-13-19)17-20-14-9-15-22(20)16-18-10-5-3-6-11-18/h3,5-6,9-11,14-15,19H,2,4,7-8,12-13,16-17H2,1H3. The number of amides is 1. The Labute approximate surface area is 145 Å². The molecule has 3 nitrogen and oxygen atoms in total. The van der Waals surface area contributed by atoms with Crippen LogP contribution in [0, 0.1) is 0 Å². The molecule has 1 aromatic carbocycles. The highest BCUT2D eigenvalue weighted by atomic mass is 16.2. The van der Waals surface area contributed by atoms with Gasteiger partial charge in [0.25, 0.3) is 0 Å². The fourth-order valence-corrected chi connectivity index (χ4v) is 3.72. The van der Waals surface area contributed by atoms with Gasteiger partial charge in [-0.15, -0.1) is 0 Å². The first-order chi connectivity index (χ1) is 11.8. The van der Waals surface area contributed by atoms with Gasteiger partial charge in [0.2, 0.25) is 5.91 Å². The quantitative estimate of drug-likeness (QED) is 0.762. The topological polar surface area (TPSA) is 25.2 Å². The molecule has 0 atom stereocenters. The maximum atomic E-state index is 12.5. The first-order valence-corrected chi connectivity index (χ1v) is 9.25. The van der Waals surface area contributed by atoms with Gasteiger partial charge in [0.15, 0.2) is 0 Å². The lowest BCUT2D eigenvalue weighted by molar-refractivity contribution is -0.134. The number of carbonyl (C=O) groups is 1. The fourth-order valence-electron chi connectivity index (χ4n) is 3.72. The molecule has 3 rings (SSSR count). The molecule has 0 N–H and O–H groups in total. The summed E-state index contributed by atoms with van der Waals surface area (Å²) in [7, 11) is 0. The number of carbonyl (C=O) groups excluding carboxylic acids is 1. The van der Waals surface area contributed by atoms with Crippen molar-refractivity contribution in [2.75, 3.05) is 0 Å². The van der Waals surface area contributed by atoms with Crippen LogP contribution >= 0.6 is 0 Å². The fraction of sp³-hybridized carbons (Fsp3) is 0.476. The average molecular weight is 324 g/mol. The van der Waals surface area contributed by atoms with E-state index in [1.807, 2.05) is 13.0 Å². The lowest BCUT2D eigenvalue weighted by Gasteiger charge is -2.34. The molecule has 2 aromatic rings. The Bertz CT molecular complexity index is 641. The van der Waals surface area contributed by atoms with Crippen LogP contribution in [-0.4, -0.2) is 21.4 Å². The summed E-state index contributed by atoms with van der Waals surface area (Å²) in [5, 5.41) is 0. The third-order valence-corrected chi connectivity index (χ3v) is 5.09. The highest BCUT2D eigenvalue weighted by Crippen LogP contribution is 2.25. The van der Waals surface area contributed by atoms with E-state index in [0.717, 1.165) is 25.9 Å². The molecule has 0 aliphatic heterocycles. The summed E-state index contributed by atoms with van der Waals surface area (Å²) < 4.78 is 2.27. The molecule has 1 aliphatic carbocycles. The first kappa shape index (κ1) is 16.8. The van der Waals surface area contributed by atoms with Crippen LogP contribution in [0.15, 0.2) is 48.7 Å². The van der Waals surface area contributed by atoms with Crippen LogP contribution in [0.5, 0.6) is 0 Å². The number of hydrogen-bond acceptors (Lipinski definition) is 1. The van der Waals surface area contributed by atoms with E-state index in [4.69, 9.17) is 0 Å². The van der Waals surface area contributed by atoms with Gasteiger partial charge < -0.3 is 9.47 Å². The van der Waals surface area contributed by atoms with E-state index in [2.05, 4.69) is 52.1 Å². The van der Waals surface area contributed by atoms with E-state index in [-0.39, 0.29) is 5.91 Å². The van der Waals surface area contributed by atoms with Crippen molar-refractivity contribution in [3.05, 3.63) is 59.9 Å². The zero-order valence-corrected chi connectivity index (χ0v) is 14.7. The number of hydrogen-bond donors (Lipinski definition) is 0. The lowest BCUT2D eigenvalue weighted by Crippen LogP contribution is -2.41. The third kappa shape index (κ3) is 4.08. The van der Waals surface area contributed by atoms with E-state index in [0.29, 0.717) is 12.5 Å². The van der Waals surface area contributed by atoms with Crippen molar-refractivity contribution in [2.45, 2.75) is 64.6 Å². The van der Waals surface area contributed by atoms with Gasteiger partial charge in [-0.05, 0) is 30.5 Å². The van der Waals surface area contributed by atoms with Gasteiger partial charge in [0.05, 0.1) is 6.54 Å². The minimum atomic E-state index is 0.286. The molecule has 0 saturated heterocycles. The SMILES string of the molecule is CCC(=O)N(Cc1cccn1Cc1ccccc1)C1CCCCC1. The van der Waals surface area contributed by atoms with Gasteiger partial charge in [-0.1, -0.05) is 56.5 Å². The van der Waals surface area contributed by atoms with Crippen LogP contribution in [0.4, 0.5) is 0 Å². The van der Waals surface area contributed by atoms with Crippen LogP contribution in [-0.2, 0) is 17.9 Å². The van der Waals surface area contributed by atoms with Gasteiger partial charge in [0.1, 0.15) is 0 Å². The predicted molar refractivity (Wildman–Crippen MR) is 97.7 cm³/mol. The van der Waals surface area contributed by atoms with Crippen LogP contribution in [0.2, 0.25) is 0 Å². The smallest absolute Gasteiger partial charge is 0.222 e. The molecule has 0 spiro atoms. The average Bonchev–Trinajstić information content (AvgIpc) is 3.07. The molecule has 1 heterocycles.